The quantitative estimate of drug-likeness (QED) is 0.639. The van der Waals surface area contributed by atoms with Gasteiger partial charge in [0.15, 0.2) is 5.17 Å². The van der Waals surface area contributed by atoms with Crippen molar-refractivity contribution >= 4 is 51.9 Å². The van der Waals surface area contributed by atoms with Crippen LogP contribution in [0.1, 0.15) is 30.4 Å². The average molecular weight is 430 g/mol. The molecule has 0 bridgehead atoms. The van der Waals surface area contributed by atoms with Crippen molar-refractivity contribution in [1.29, 1.82) is 0 Å². The highest BCUT2D eigenvalue weighted by Crippen LogP contribution is 2.32. The van der Waals surface area contributed by atoms with Crippen molar-refractivity contribution < 1.29 is 9.18 Å². The summed E-state index contributed by atoms with van der Waals surface area (Å²) in [7, 11) is 0. The summed E-state index contributed by atoms with van der Waals surface area (Å²) >= 11 is 7.37. The third-order valence-electron chi connectivity index (χ3n) is 5.08. The van der Waals surface area contributed by atoms with Crippen molar-refractivity contribution in [2.75, 3.05) is 18.0 Å². The molecule has 0 spiro atoms. The fourth-order valence-electron chi connectivity index (χ4n) is 3.46. The van der Waals surface area contributed by atoms with Crippen molar-refractivity contribution in [2.24, 2.45) is 4.99 Å². The molecule has 2 aromatic carbocycles. The van der Waals surface area contributed by atoms with E-state index >= 15 is 0 Å². The molecule has 2 aliphatic heterocycles. The average Bonchev–Trinajstić information content (AvgIpc) is 3.05. The van der Waals surface area contributed by atoms with Crippen molar-refractivity contribution in [1.82, 2.24) is 5.32 Å². The smallest absolute Gasteiger partial charge is 0.264 e. The van der Waals surface area contributed by atoms with E-state index in [1.807, 2.05) is 25.1 Å². The Bertz CT molecular complexity index is 1020. The first-order valence-corrected chi connectivity index (χ1v) is 10.8. The molecular formula is C22H21ClFN3OS. The fraction of sp³-hybridized carbons (Fsp3) is 0.273. The highest BCUT2D eigenvalue weighted by atomic mass is 35.5. The number of piperidine rings is 1. The zero-order valence-corrected chi connectivity index (χ0v) is 17.6. The minimum atomic E-state index is -0.256. The standard InChI is InChI=1S/C22H21ClFN3OS/c1-14-16(23)6-5-7-18(14)25-22-26-21(28)20(29-22)13-15-8-9-19(17(24)12-15)27-10-3-2-4-11-27/h5-9,12-13H,2-4,10-11H2,1H3,(H,25,26,28)/b20-13+. The molecule has 1 N–H and O–H groups in total. The lowest BCUT2D eigenvalue weighted by atomic mass is 10.1. The van der Waals surface area contributed by atoms with E-state index in [0.717, 1.165) is 31.5 Å². The van der Waals surface area contributed by atoms with Gasteiger partial charge in [-0.25, -0.2) is 9.38 Å². The molecule has 0 aromatic heterocycles. The Morgan fingerprint density at radius 2 is 2.00 bits per heavy atom. The number of carbonyl (C=O) groups excluding carboxylic acids is 1. The number of amidine groups is 1. The van der Waals surface area contributed by atoms with Gasteiger partial charge in [-0.1, -0.05) is 23.7 Å². The van der Waals surface area contributed by atoms with Crippen LogP contribution >= 0.6 is 23.4 Å². The topological polar surface area (TPSA) is 44.7 Å². The first kappa shape index (κ1) is 20.0. The molecule has 0 saturated carbocycles. The number of hydrogen-bond donors (Lipinski definition) is 1. The maximum atomic E-state index is 14.6. The number of anilines is 1. The normalized spacial score (nSPS) is 19.8. The van der Waals surface area contributed by atoms with Gasteiger partial charge in [-0.15, -0.1) is 0 Å². The summed E-state index contributed by atoms with van der Waals surface area (Å²) in [4.78, 5) is 19.4. The van der Waals surface area contributed by atoms with Gasteiger partial charge in [0.05, 0.1) is 16.3 Å². The van der Waals surface area contributed by atoms with Gasteiger partial charge in [0.1, 0.15) is 5.82 Å². The third-order valence-corrected chi connectivity index (χ3v) is 6.40. The van der Waals surface area contributed by atoms with Gasteiger partial charge in [0.2, 0.25) is 0 Å². The van der Waals surface area contributed by atoms with E-state index in [9.17, 15) is 9.18 Å². The molecule has 2 aromatic rings. The second-order valence-corrected chi connectivity index (χ2v) is 8.56. The molecule has 2 heterocycles. The van der Waals surface area contributed by atoms with Gasteiger partial charge in [-0.05, 0) is 79.4 Å². The number of rotatable bonds is 3. The number of halogens is 2. The van der Waals surface area contributed by atoms with Crippen LogP contribution in [0.5, 0.6) is 0 Å². The molecule has 4 nitrogen and oxygen atoms in total. The van der Waals surface area contributed by atoms with E-state index < -0.39 is 0 Å². The van der Waals surface area contributed by atoms with Crippen LogP contribution in [0.4, 0.5) is 15.8 Å². The molecule has 2 aliphatic rings. The van der Waals surface area contributed by atoms with E-state index in [-0.39, 0.29) is 11.7 Å². The molecule has 4 rings (SSSR count). The van der Waals surface area contributed by atoms with Gasteiger partial charge in [0.25, 0.3) is 5.91 Å². The highest BCUT2D eigenvalue weighted by molar-refractivity contribution is 8.18. The van der Waals surface area contributed by atoms with Crippen molar-refractivity contribution in [3.8, 4) is 0 Å². The van der Waals surface area contributed by atoms with Crippen LogP contribution in [0.3, 0.4) is 0 Å². The number of aliphatic imine (C=N–C) groups is 1. The number of hydrogen-bond acceptors (Lipinski definition) is 4. The van der Waals surface area contributed by atoms with E-state index in [2.05, 4.69) is 15.2 Å². The SMILES string of the molecule is Cc1c(Cl)cccc1N=C1NC(=O)/C(=C\c2ccc(N3CCCCC3)c(F)c2)S1. The largest absolute Gasteiger partial charge is 0.369 e. The van der Waals surface area contributed by atoms with Crippen LogP contribution in [0.25, 0.3) is 6.08 Å². The molecule has 2 fully saturated rings. The lowest BCUT2D eigenvalue weighted by Gasteiger charge is -2.29. The molecule has 150 valence electrons. The summed E-state index contributed by atoms with van der Waals surface area (Å²) < 4.78 is 14.6. The predicted octanol–water partition coefficient (Wildman–Crippen LogP) is 5.67. The Morgan fingerprint density at radius 1 is 1.21 bits per heavy atom. The van der Waals surface area contributed by atoms with Crippen molar-refractivity contribution in [3.63, 3.8) is 0 Å². The number of nitrogens with one attached hydrogen (secondary N) is 1. The van der Waals surface area contributed by atoms with Crippen LogP contribution in [0, 0.1) is 12.7 Å². The minimum Gasteiger partial charge on any atom is -0.369 e. The lowest BCUT2D eigenvalue weighted by molar-refractivity contribution is -0.115. The van der Waals surface area contributed by atoms with Gasteiger partial charge in [-0.2, -0.15) is 0 Å². The first-order chi connectivity index (χ1) is 14.0. The van der Waals surface area contributed by atoms with E-state index in [1.54, 1.807) is 18.2 Å². The lowest BCUT2D eigenvalue weighted by Crippen LogP contribution is -2.30. The number of carbonyl (C=O) groups is 1. The van der Waals surface area contributed by atoms with Crippen LogP contribution in [-0.4, -0.2) is 24.2 Å². The van der Waals surface area contributed by atoms with Crippen LogP contribution in [-0.2, 0) is 4.79 Å². The molecule has 1 amide bonds. The Morgan fingerprint density at radius 3 is 2.76 bits per heavy atom. The maximum absolute atomic E-state index is 14.6. The van der Waals surface area contributed by atoms with E-state index in [4.69, 9.17) is 11.6 Å². The molecule has 0 unspecified atom stereocenters. The minimum absolute atomic E-state index is 0.242. The van der Waals surface area contributed by atoms with Crippen molar-refractivity contribution in [2.45, 2.75) is 26.2 Å². The van der Waals surface area contributed by atoms with E-state index in [0.29, 0.717) is 32.0 Å². The summed E-state index contributed by atoms with van der Waals surface area (Å²) in [6, 6.07) is 10.6. The molecule has 2 saturated heterocycles. The van der Waals surface area contributed by atoms with Crippen LogP contribution < -0.4 is 10.2 Å². The summed E-state index contributed by atoms with van der Waals surface area (Å²) in [5, 5.41) is 3.87. The summed E-state index contributed by atoms with van der Waals surface area (Å²) in [5.74, 6) is -0.498. The Labute approximate surface area is 178 Å². The monoisotopic (exact) mass is 429 g/mol. The van der Waals surface area contributed by atoms with Gasteiger partial charge in [-0.3, -0.25) is 4.79 Å². The third kappa shape index (κ3) is 4.49. The van der Waals surface area contributed by atoms with Crippen LogP contribution in [0.15, 0.2) is 46.3 Å². The Kier molecular flexibility index (Phi) is 5.92. The zero-order valence-electron chi connectivity index (χ0n) is 16.0. The van der Waals surface area contributed by atoms with Crippen LogP contribution in [0.2, 0.25) is 5.02 Å². The predicted molar refractivity (Wildman–Crippen MR) is 119 cm³/mol. The highest BCUT2D eigenvalue weighted by Gasteiger charge is 2.24. The Hall–Kier alpha value is -2.31. The summed E-state index contributed by atoms with van der Waals surface area (Å²) in [6.45, 7) is 3.66. The molecule has 0 aliphatic carbocycles. The number of nitrogens with zero attached hydrogens (tertiary/aromatic N) is 2. The Balaban J connectivity index is 1.54. The molecule has 7 heteroatoms. The van der Waals surface area contributed by atoms with Crippen molar-refractivity contribution in [3.05, 3.63) is 63.3 Å². The van der Waals surface area contributed by atoms with Gasteiger partial charge >= 0.3 is 0 Å². The summed E-state index contributed by atoms with van der Waals surface area (Å²) in [6.07, 6.45) is 5.08. The zero-order chi connectivity index (χ0) is 20.4. The molecule has 0 atom stereocenters. The molecular weight excluding hydrogens is 409 g/mol. The first-order valence-electron chi connectivity index (χ1n) is 9.60. The number of amides is 1. The number of benzene rings is 2. The maximum Gasteiger partial charge on any atom is 0.264 e. The fourth-order valence-corrected chi connectivity index (χ4v) is 4.47. The second kappa shape index (κ2) is 8.59. The van der Waals surface area contributed by atoms with Gasteiger partial charge in [0, 0.05) is 18.1 Å². The number of thioether (sulfide) groups is 1. The second-order valence-electron chi connectivity index (χ2n) is 7.12. The van der Waals surface area contributed by atoms with E-state index in [1.165, 1.54) is 24.2 Å². The molecule has 29 heavy (non-hydrogen) atoms. The van der Waals surface area contributed by atoms with Gasteiger partial charge < -0.3 is 10.2 Å². The summed E-state index contributed by atoms with van der Waals surface area (Å²) in [5.41, 5.74) is 2.85. The molecule has 0 radical (unpaired) electrons.